The van der Waals surface area contributed by atoms with E-state index in [2.05, 4.69) is 11.4 Å². The van der Waals surface area contributed by atoms with Crippen molar-refractivity contribution in [2.24, 2.45) is 0 Å². The molecule has 0 unspecified atom stereocenters. The van der Waals surface area contributed by atoms with Gasteiger partial charge in [-0.1, -0.05) is 36.4 Å². The molecule has 0 heterocycles. The topological polar surface area (TPSA) is 84.9 Å². The highest BCUT2D eigenvalue weighted by atomic mass is 32.2. The van der Waals surface area contributed by atoms with E-state index in [1.165, 1.54) is 31.9 Å². The molecule has 0 fully saturated rings. The minimum atomic E-state index is -4.07. The van der Waals surface area contributed by atoms with Crippen LogP contribution in [0.1, 0.15) is 30.0 Å². The maximum absolute atomic E-state index is 13.7. The van der Waals surface area contributed by atoms with Crippen LogP contribution in [-0.4, -0.2) is 35.1 Å². The Labute approximate surface area is 200 Å². The number of sulfonamides is 1. The summed E-state index contributed by atoms with van der Waals surface area (Å²) in [6.45, 7) is -0.382. The lowest BCUT2D eigenvalue weighted by Gasteiger charge is -2.29. The first kappa shape index (κ1) is 23.6. The van der Waals surface area contributed by atoms with Crippen LogP contribution < -0.4 is 19.1 Å². The Balaban J connectivity index is 1.66. The van der Waals surface area contributed by atoms with Gasteiger partial charge in [0.25, 0.3) is 10.0 Å². The van der Waals surface area contributed by atoms with Crippen molar-refractivity contribution in [2.45, 2.75) is 30.2 Å². The van der Waals surface area contributed by atoms with Crippen LogP contribution in [0.4, 0.5) is 5.69 Å². The molecule has 0 aromatic heterocycles. The predicted molar refractivity (Wildman–Crippen MR) is 131 cm³/mol. The SMILES string of the molecule is COc1ccc(S(=O)(=O)N(CC(=O)N[C@H]2CCCc3ccccc32)c2ccccc2OC)cc1. The van der Waals surface area contributed by atoms with Crippen molar-refractivity contribution in [3.8, 4) is 11.5 Å². The van der Waals surface area contributed by atoms with Gasteiger partial charge in [-0.2, -0.15) is 0 Å². The number of ether oxygens (including phenoxy) is 2. The van der Waals surface area contributed by atoms with Crippen LogP contribution in [0.3, 0.4) is 0 Å². The van der Waals surface area contributed by atoms with Gasteiger partial charge in [0, 0.05) is 0 Å². The third-order valence-corrected chi connectivity index (χ3v) is 7.77. The van der Waals surface area contributed by atoms with Crippen LogP contribution in [0.15, 0.2) is 77.7 Å². The second-order valence-electron chi connectivity index (χ2n) is 8.07. The second-order valence-corrected chi connectivity index (χ2v) is 9.93. The molecule has 3 aromatic carbocycles. The second kappa shape index (κ2) is 10.2. The van der Waals surface area contributed by atoms with Crippen LogP contribution in [-0.2, 0) is 21.2 Å². The summed E-state index contributed by atoms with van der Waals surface area (Å²) in [6, 6.07) is 20.7. The fourth-order valence-corrected chi connectivity index (χ4v) is 5.72. The maximum Gasteiger partial charge on any atom is 0.264 e. The van der Waals surface area contributed by atoms with Crippen LogP contribution in [0.2, 0.25) is 0 Å². The Bertz CT molecular complexity index is 1260. The van der Waals surface area contributed by atoms with Gasteiger partial charge < -0.3 is 14.8 Å². The number of methoxy groups -OCH3 is 2. The van der Waals surface area contributed by atoms with Gasteiger partial charge in [0.2, 0.25) is 5.91 Å². The Kier molecular flexibility index (Phi) is 7.07. The van der Waals surface area contributed by atoms with Gasteiger partial charge in [-0.3, -0.25) is 9.10 Å². The molecule has 1 aliphatic rings. The molecule has 0 aliphatic heterocycles. The molecule has 0 spiro atoms. The summed E-state index contributed by atoms with van der Waals surface area (Å²) in [5, 5.41) is 3.05. The third kappa shape index (κ3) is 4.87. The fraction of sp³-hybridized carbons (Fsp3) is 0.269. The van der Waals surface area contributed by atoms with E-state index in [0.29, 0.717) is 17.2 Å². The third-order valence-electron chi connectivity index (χ3n) is 5.99. The van der Waals surface area contributed by atoms with E-state index < -0.39 is 10.0 Å². The van der Waals surface area contributed by atoms with Crippen LogP contribution in [0, 0.1) is 0 Å². The van der Waals surface area contributed by atoms with Crippen LogP contribution in [0.25, 0.3) is 0 Å². The Morgan fingerprint density at radius 1 is 0.971 bits per heavy atom. The summed E-state index contributed by atoms with van der Waals surface area (Å²) in [6.07, 6.45) is 2.74. The van der Waals surface area contributed by atoms with E-state index in [1.807, 2.05) is 18.2 Å². The number of carbonyl (C=O) groups is 1. The molecule has 0 saturated carbocycles. The standard InChI is InChI=1S/C26H28N2O5S/c1-32-20-14-16-21(17-15-20)34(30,31)28(24-12-5-6-13-25(24)33-2)18-26(29)27-23-11-7-9-19-8-3-4-10-22(19)23/h3-6,8,10,12-17,23H,7,9,11,18H2,1-2H3,(H,27,29)/t23-/m0/s1. The lowest BCUT2D eigenvalue weighted by atomic mass is 9.88. The number of benzene rings is 3. The zero-order valence-electron chi connectivity index (χ0n) is 19.2. The molecular weight excluding hydrogens is 452 g/mol. The Morgan fingerprint density at radius 3 is 2.41 bits per heavy atom. The van der Waals surface area contributed by atoms with Crippen molar-refractivity contribution in [3.63, 3.8) is 0 Å². The van der Waals surface area contributed by atoms with E-state index in [4.69, 9.17) is 9.47 Å². The molecule has 1 atom stereocenters. The Hall–Kier alpha value is -3.52. The number of hydrogen-bond donors (Lipinski definition) is 1. The molecule has 8 heteroatoms. The number of nitrogens with zero attached hydrogens (tertiary/aromatic N) is 1. The largest absolute Gasteiger partial charge is 0.497 e. The lowest BCUT2D eigenvalue weighted by molar-refractivity contribution is -0.120. The van der Waals surface area contributed by atoms with Crippen LogP contribution >= 0.6 is 0 Å². The summed E-state index contributed by atoms with van der Waals surface area (Å²) >= 11 is 0. The summed E-state index contributed by atoms with van der Waals surface area (Å²) in [4.78, 5) is 13.3. The number of aryl methyl sites for hydroxylation is 1. The number of hydrogen-bond acceptors (Lipinski definition) is 5. The van der Waals surface area contributed by atoms with E-state index in [9.17, 15) is 13.2 Å². The molecule has 0 radical (unpaired) electrons. The first-order valence-electron chi connectivity index (χ1n) is 11.1. The smallest absolute Gasteiger partial charge is 0.264 e. The molecule has 0 bridgehead atoms. The number of rotatable bonds is 8. The monoisotopic (exact) mass is 480 g/mol. The van der Waals surface area contributed by atoms with Crippen molar-refractivity contribution < 1.29 is 22.7 Å². The lowest BCUT2D eigenvalue weighted by Crippen LogP contribution is -2.42. The predicted octanol–water partition coefficient (Wildman–Crippen LogP) is 4.09. The quantitative estimate of drug-likeness (QED) is 0.525. The zero-order valence-corrected chi connectivity index (χ0v) is 20.0. The average Bonchev–Trinajstić information content (AvgIpc) is 2.87. The van der Waals surface area contributed by atoms with Crippen molar-refractivity contribution in [1.82, 2.24) is 5.32 Å². The highest BCUT2D eigenvalue weighted by molar-refractivity contribution is 7.92. The summed E-state index contributed by atoms with van der Waals surface area (Å²) in [5.74, 6) is 0.511. The average molecular weight is 481 g/mol. The molecule has 0 saturated heterocycles. The Morgan fingerprint density at radius 2 is 1.68 bits per heavy atom. The number of para-hydroxylation sites is 2. The molecule has 1 N–H and O–H groups in total. The van der Waals surface area contributed by atoms with E-state index in [1.54, 1.807) is 36.4 Å². The summed E-state index contributed by atoms with van der Waals surface area (Å²) in [5.41, 5.74) is 2.59. The first-order chi connectivity index (χ1) is 16.4. The summed E-state index contributed by atoms with van der Waals surface area (Å²) < 4.78 is 39.0. The fourth-order valence-electron chi connectivity index (χ4n) is 4.28. The minimum absolute atomic E-state index is 0.0509. The number of anilines is 1. The van der Waals surface area contributed by atoms with Gasteiger partial charge in [-0.15, -0.1) is 0 Å². The van der Waals surface area contributed by atoms with Crippen molar-refractivity contribution >= 4 is 21.6 Å². The first-order valence-corrected chi connectivity index (χ1v) is 12.5. The molecular formula is C26H28N2O5S. The maximum atomic E-state index is 13.7. The molecule has 3 aromatic rings. The van der Waals surface area contributed by atoms with Gasteiger partial charge in [0.1, 0.15) is 18.0 Å². The van der Waals surface area contributed by atoms with Gasteiger partial charge in [-0.25, -0.2) is 8.42 Å². The van der Waals surface area contributed by atoms with E-state index in [-0.39, 0.29) is 23.4 Å². The molecule has 7 nitrogen and oxygen atoms in total. The van der Waals surface area contributed by atoms with Gasteiger partial charge >= 0.3 is 0 Å². The number of fused-ring (bicyclic) bond motifs is 1. The minimum Gasteiger partial charge on any atom is -0.497 e. The molecule has 4 rings (SSSR count). The summed E-state index contributed by atoms with van der Waals surface area (Å²) in [7, 11) is -1.09. The van der Waals surface area contributed by atoms with Crippen LogP contribution in [0.5, 0.6) is 11.5 Å². The van der Waals surface area contributed by atoms with Gasteiger partial charge in [0.05, 0.1) is 30.8 Å². The number of carbonyl (C=O) groups excluding carboxylic acids is 1. The van der Waals surface area contributed by atoms with E-state index >= 15 is 0 Å². The normalized spacial score (nSPS) is 15.2. The van der Waals surface area contributed by atoms with Crippen molar-refractivity contribution in [2.75, 3.05) is 25.1 Å². The van der Waals surface area contributed by atoms with Crippen molar-refractivity contribution in [3.05, 3.63) is 83.9 Å². The molecule has 1 aliphatic carbocycles. The van der Waals surface area contributed by atoms with E-state index in [0.717, 1.165) is 29.1 Å². The highest BCUT2D eigenvalue weighted by Crippen LogP contribution is 2.33. The zero-order chi connectivity index (χ0) is 24.1. The molecule has 1 amide bonds. The highest BCUT2D eigenvalue weighted by Gasteiger charge is 2.30. The van der Waals surface area contributed by atoms with Gasteiger partial charge in [0.15, 0.2) is 0 Å². The number of amides is 1. The molecule has 34 heavy (non-hydrogen) atoms. The van der Waals surface area contributed by atoms with Crippen molar-refractivity contribution in [1.29, 1.82) is 0 Å². The number of nitrogens with one attached hydrogen (secondary N) is 1. The van der Waals surface area contributed by atoms with Gasteiger partial charge in [-0.05, 0) is 66.8 Å². The molecule has 178 valence electrons.